The highest BCUT2D eigenvalue weighted by Gasteiger charge is 2.14. The van der Waals surface area contributed by atoms with Crippen LogP contribution in [0, 0.1) is 0 Å². The molecule has 0 N–H and O–H groups in total. The monoisotopic (exact) mass is 130 g/mol. The Hall–Kier alpha value is 0.140. The summed E-state index contributed by atoms with van der Waals surface area (Å²) in [6.07, 6.45) is -2.07. The lowest BCUT2D eigenvalue weighted by molar-refractivity contribution is 0.194. The van der Waals surface area contributed by atoms with Crippen LogP contribution in [0.5, 0.6) is 0 Å². The highest BCUT2D eigenvalue weighted by molar-refractivity contribution is 7.80. The molecule has 0 amide bonds. The van der Waals surface area contributed by atoms with Gasteiger partial charge in [-0.1, -0.05) is 0 Å². The summed E-state index contributed by atoms with van der Waals surface area (Å²) in [6.45, 7) is -1.30. The molecule has 44 valence electrons. The number of thiol groups is 1. The Morgan fingerprint density at radius 2 is 1.86 bits per heavy atom. The third-order valence-electron chi connectivity index (χ3n) is 0.446. The molecule has 0 aromatic carbocycles. The Morgan fingerprint density at radius 3 is 1.86 bits per heavy atom. The van der Waals surface area contributed by atoms with Crippen molar-refractivity contribution in [2.75, 3.05) is 6.67 Å². The van der Waals surface area contributed by atoms with Crippen LogP contribution in [0.4, 0.5) is 13.2 Å². The Balaban J connectivity index is 3.14. The van der Waals surface area contributed by atoms with E-state index >= 15 is 0 Å². The van der Waals surface area contributed by atoms with Crippen LogP contribution in [-0.2, 0) is 0 Å². The fourth-order valence-corrected chi connectivity index (χ4v) is 0.153. The summed E-state index contributed by atoms with van der Waals surface area (Å²) < 4.78 is 33.7. The quantitative estimate of drug-likeness (QED) is 0.538. The van der Waals surface area contributed by atoms with Crippen molar-refractivity contribution in [1.29, 1.82) is 0 Å². The molecular weight excluding hydrogens is 125 g/mol. The summed E-state index contributed by atoms with van der Waals surface area (Å²) in [6, 6.07) is 0. The molecule has 2 unspecified atom stereocenters. The van der Waals surface area contributed by atoms with Crippen molar-refractivity contribution < 1.29 is 13.2 Å². The molecule has 0 aromatic rings. The summed E-state index contributed by atoms with van der Waals surface area (Å²) in [4.78, 5) is 0. The molecule has 0 nitrogen and oxygen atoms in total. The second-order valence-corrected chi connectivity index (χ2v) is 1.54. The molecule has 0 heterocycles. The van der Waals surface area contributed by atoms with Gasteiger partial charge in [0.25, 0.3) is 0 Å². The third kappa shape index (κ3) is 2.79. The molecule has 0 fully saturated rings. The Bertz CT molecular complexity index is 47.4. The van der Waals surface area contributed by atoms with Crippen molar-refractivity contribution in [2.24, 2.45) is 0 Å². The van der Waals surface area contributed by atoms with Crippen LogP contribution in [0.15, 0.2) is 0 Å². The van der Waals surface area contributed by atoms with E-state index in [1.54, 1.807) is 0 Å². The second kappa shape index (κ2) is 3.18. The lowest BCUT2D eigenvalue weighted by Crippen LogP contribution is -2.12. The maximum Gasteiger partial charge on any atom is 0.176 e. The largest absolute Gasteiger partial charge is 0.248 e. The molecule has 0 saturated heterocycles. The van der Waals surface area contributed by atoms with E-state index in [1.807, 2.05) is 0 Å². The summed E-state index contributed by atoms with van der Waals surface area (Å²) in [7, 11) is 0. The summed E-state index contributed by atoms with van der Waals surface area (Å²) >= 11 is 2.99. The predicted octanol–water partition coefficient (Wildman–Crippen LogP) is 1.52. The average molecular weight is 130 g/mol. The molecule has 0 radical (unpaired) electrons. The van der Waals surface area contributed by atoms with Crippen molar-refractivity contribution in [3.8, 4) is 0 Å². The minimum atomic E-state index is -2.07. The van der Waals surface area contributed by atoms with Crippen molar-refractivity contribution in [3.63, 3.8) is 0 Å². The minimum absolute atomic E-state index is 1.30. The van der Waals surface area contributed by atoms with Crippen molar-refractivity contribution >= 4 is 12.6 Å². The first-order chi connectivity index (χ1) is 3.18. The van der Waals surface area contributed by atoms with Gasteiger partial charge in [0.05, 0.1) is 0 Å². The Kier molecular flexibility index (Phi) is 3.25. The lowest BCUT2D eigenvalue weighted by atomic mass is 10.5. The summed E-state index contributed by atoms with van der Waals surface area (Å²) in [5.41, 5.74) is -1.98. The van der Waals surface area contributed by atoms with Gasteiger partial charge in [0.15, 0.2) is 11.7 Å². The zero-order valence-electron chi connectivity index (χ0n) is 3.44. The SMILES string of the molecule is FCC(F)C(F)S. The maximum absolute atomic E-state index is 11.4. The van der Waals surface area contributed by atoms with Crippen LogP contribution in [0.25, 0.3) is 0 Å². The van der Waals surface area contributed by atoms with Crippen LogP contribution in [0.1, 0.15) is 0 Å². The highest BCUT2D eigenvalue weighted by Crippen LogP contribution is 2.06. The minimum Gasteiger partial charge on any atom is -0.248 e. The van der Waals surface area contributed by atoms with Gasteiger partial charge in [-0.05, 0) is 0 Å². The topological polar surface area (TPSA) is 0 Å². The Morgan fingerprint density at radius 1 is 1.43 bits per heavy atom. The number of halogens is 3. The van der Waals surface area contributed by atoms with Crippen molar-refractivity contribution in [2.45, 2.75) is 11.7 Å². The van der Waals surface area contributed by atoms with E-state index in [2.05, 4.69) is 12.6 Å². The van der Waals surface area contributed by atoms with E-state index < -0.39 is 18.3 Å². The van der Waals surface area contributed by atoms with Gasteiger partial charge in [0, 0.05) is 0 Å². The average Bonchev–Trinajstić information content (AvgIpc) is 1.65. The molecule has 0 aromatic heterocycles. The summed E-state index contributed by atoms with van der Waals surface area (Å²) in [5, 5.41) is 0. The lowest BCUT2D eigenvalue weighted by Gasteiger charge is -1.99. The molecular formula is C3H5F3S. The van der Waals surface area contributed by atoms with E-state index in [9.17, 15) is 13.2 Å². The highest BCUT2D eigenvalue weighted by atomic mass is 32.1. The van der Waals surface area contributed by atoms with E-state index in [1.165, 1.54) is 0 Å². The fraction of sp³-hybridized carbons (Fsp3) is 1.00. The Labute approximate surface area is 45.1 Å². The van der Waals surface area contributed by atoms with Gasteiger partial charge in [-0.2, -0.15) is 0 Å². The normalized spacial score (nSPS) is 18.9. The number of rotatable bonds is 2. The van der Waals surface area contributed by atoms with Gasteiger partial charge in [0.1, 0.15) is 6.67 Å². The molecule has 0 aliphatic rings. The van der Waals surface area contributed by atoms with Crippen LogP contribution in [0.2, 0.25) is 0 Å². The second-order valence-electron chi connectivity index (χ2n) is 1.04. The van der Waals surface area contributed by atoms with Crippen LogP contribution >= 0.6 is 12.6 Å². The first kappa shape index (κ1) is 7.14. The number of alkyl halides is 3. The van der Waals surface area contributed by atoms with Gasteiger partial charge in [0.2, 0.25) is 0 Å². The maximum atomic E-state index is 11.4. The summed E-state index contributed by atoms with van der Waals surface area (Å²) in [5.74, 6) is 0. The standard InChI is InChI=1S/C3H5F3S/c4-1-2(5)3(6)7/h2-3,7H,1H2. The van der Waals surface area contributed by atoms with Gasteiger partial charge in [-0.25, -0.2) is 13.2 Å². The first-order valence-electron chi connectivity index (χ1n) is 1.70. The van der Waals surface area contributed by atoms with Gasteiger partial charge in [-0.15, -0.1) is 12.6 Å². The van der Waals surface area contributed by atoms with E-state index in [-0.39, 0.29) is 0 Å². The predicted molar refractivity (Wildman–Crippen MR) is 24.8 cm³/mol. The van der Waals surface area contributed by atoms with Gasteiger partial charge >= 0.3 is 0 Å². The van der Waals surface area contributed by atoms with Crippen molar-refractivity contribution in [3.05, 3.63) is 0 Å². The van der Waals surface area contributed by atoms with Crippen LogP contribution in [-0.4, -0.2) is 18.3 Å². The number of hydrogen-bond donors (Lipinski definition) is 1. The van der Waals surface area contributed by atoms with Gasteiger partial charge in [-0.3, -0.25) is 0 Å². The van der Waals surface area contributed by atoms with E-state index in [4.69, 9.17) is 0 Å². The van der Waals surface area contributed by atoms with E-state index in [0.717, 1.165) is 0 Å². The molecule has 2 atom stereocenters. The zero-order valence-corrected chi connectivity index (χ0v) is 4.34. The van der Waals surface area contributed by atoms with Gasteiger partial charge < -0.3 is 0 Å². The molecule has 0 bridgehead atoms. The molecule has 0 aliphatic carbocycles. The fourth-order valence-electron chi connectivity index (χ4n) is 0.0735. The molecule has 4 heteroatoms. The van der Waals surface area contributed by atoms with Crippen molar-refractivity contribution in [1.82, 2.24) is 0 Å². The smallest absolute Gasteiger partial charge is 0.176 e. The molecule has 0 saturated carbocycles. The molecule has 7 heavy (non-hydrogen) atoms. The third-order valence-corrected chi connectivity index (χ3v) is 0.769. The first-order valence-corrected chi connectivity index (χ1v) is 2.22. The van der Waals surface area contributed by atoms with Crippen LogP contribution in [0.3, 0.4) is 0 Å². The van der Waals surface area contributed by atoms with E-state index in [0.29, 0.717) is 0 Å². The molecule has 0 aliphatic heterocycles. The molecule has 0 rings (SSSR count). The zero-order chi connectivity index (χ0) is 5.86. The molecule has 0 spiro atoms. The van der Waals surface area contributed by atoms with Crippen LogP contribution < -0.4 is 0 Å². The number of hydrogen-bond acceptors (Lipinski definition) is 1.